The molecule has 2 aromatic carbocycles. The summed E-state index contributed by atoms with van der Waals surface area (Å²) < 4.78 is 10.5. The minimum atomic E-state index is -1.15. The topological polar surface area (TPSA) is 187 Å². The van der Waals surface area contributed by atoms with Gasteiger partial charge in [0.2, 0.25) is 5.91 Å². The number of piperidine rings is 1. The number of carboxylic acid groups (broad SMARTS) is 1. The second-order valence-corrected chi connectivity index (χ2v) is 11.6. The van der Waals surface area contributed by atoms with Gasteiger partial charge in [-0.25, -0.2) is 0 Å². The minimum Gasteiger partial charge on any atom is -0.481 e. The Labute approximate surface area is 248 Å². The van der Waals surface area contributed by atoms with Crippen LogP contribution >= 0.6 is 0 Å². The lowest BCUT2D eigenvalue weighted by molar-refractivity contribution is -0.139. The highest BCUT2D eigenvalue weighted by atomic mass is 16.5. The molecule has 0 saturated carbocycles. The number of amides is 3. The Bertz CT molecular complexity index is 1470. The van der Waals surface area contributed by atoms with Crippen LogP contribution in [0.1, 0.15) is 57.5 Å². The maximum atomic E-state index is 13.8. The molecule has 15 heteroatoms. The Morgan fingerprint density at radius 1 is 0.953 bits per heavy atom. The monoisotopic (exact) mass is 590 g/mol. The van der Waals surface area contributed by atoms with Gasteiger partial charge in [-0.2, -0.15) is 0 Å². The van der Waals surface area contributed by atoms with E-state index >= 15 is 0 Å². The first-order valence-corrected chi connectivity index (χ1v) is 14.3. The van der Waals surface area contributed by atoms with Crippen molar-refractivity contribution in [1.82, 2.24) is 20.9 Å². The van der Waals surface area contributed by atoms with Gasteiger partial charge in [-0.1, -0.05) is 12.1 Å². The van der Waals surface area contributed by atoms with E-state index in [1.165, 1.54) is 4.90 Å². The number of rotatable bonds is 7. The fourth-order valence-electron chi connectivity index (χ4n) is 6.44. The summed E-state index contributed by atoms with van der Waals surface area (Å²) in [6.45, 7) is 1.59. The number of carbonyl (C=O) groups excluding carboxylic acids is 3. The van der Waals surface area contributed by atoms with Crippen LogP contribution in [0.2, 0.25) is 0 Å². The molecule has 0 aliphatic carbocycles. The van der Waals surface area contributed by atoms with Crippen LogP contribution in [0.15, 0.2) is 36.4 Å². The molecule has 4 heterocycles. The molecular weight excluding hydrogens is 558 g/mol. The van der Waals surface area contributed by atoms with Crippen molar-refractivity contribution in [3.05, 3.63) is 58.7 Å². The molecule has 0 bridgehead atoms. The molecule has 2 aromatic rings. The standard InChI is InChI=1S/C28H32B2N4O9/c35-24(36)12-28(5-7-31-8-6-28)33-26(38)23-11-20(32-25(37)16-1-3-18-14-42-29(40)21(18)9-16)13-34(23)27(39)17-2-4-19-15-43-30(41)22(19)10-17/h1-4,9-10,20,23,31,40-41H,5-8,11-15H2,(H,32,37)(H,33,38)(H,35,36)/t20-,23+/m1/s1. The van der Waals surface area contributed by atoms with Crippen molar-refractivity contribution in [1.29, 1.82) is 0 Å². The van der Waals surface area contributed by atoms with Crippen LogP contribution in [-0.2, 0) is 32.1 Å². The smallest absolute Gasteiger partial charge is 0.481 e. The molecule has 0 spiro atoms. The average Bonchev–Trinajstić information content (AvgIpc) is 3.69. The molecule has 0 unspecified atom stereocenters. The lowest BCUT2D eigenvalue weighted by Gasteiger charge is -2.38. The maximum Gasteiger partial charge on any atom is 0.491 e. The van der Waals surface area contributed by atoms with Crippen LogP contribution in [0.3, 0.4) is 0 Å². The minimum absolute atomic E-state index is 0.0307. The Morgan fingerprint density at radius 2 is 1.56 bits per heavy atom. The van der Waals surface area contributed by atoms with Gasteiger partial charge in [0, 0.05) is 23.7 Å². The molecule has 6 rings (SSSR count). The van der Waals surface area contributed by atoms with Crippen LogP contribution in [0.5, 0.6) is 0 Å². The summed E-state index contributed by atoms with van der Waals surface area (Å²) in [6.07, 6.45) is 0.695. The summed E-state index contributed by atoms with van der Waals surface area (Å²) in [5.41, 5.74) is 2.13. The normalized spacial score (nSPS) is 22.2. The van der Waals surface area contributed by atoms with Crippen molar-refractivity contribution in [2.24, 2.45) is 0 Å². The van der Waals surface area contributed by atoms with Crippen molar-refractivity contribution >= 4 is 48.9 Å². The van der Waals surface area contributed by atoms with E-state index in [0.29, 0.717) is 42.4 Å². The number of nitrogens with one attached hydrogen (secondary N) is 3. The second kappa shape index (κ2) is 11.7. The number of nitrogens with zero attached hydrogens (tertiary/aromatic N) is 1. The Hall–Kier alpha value is -3.75. The fourth-order valence-corrected chi connectivity index (χ4v) is 6.44. The van der Waals surface area contributed by atoms with E-state index in [-0.39, 0.29) is 38.2 Å². The number of carbonyl (C=O) groups is 4. The predicted octanol–water partition coefficient (Wildman–Crippen LogP) is -2.15. The van der Waals surface area contributed by atoms with Gasteiger partial charge >= 0.3 is 20.2 Å². The third-order valence-electron chi connectivity index (χ3n) is 8.76. The Morgan fingerprint density at radius 3 is 2.19 bits per heavy atom. The lowest BCUT2D eigenvalue weighted by Crippen LogP contribution is -2.59. The summed E-state index contributed by atoms with van der Waals surface area (Å²) in [5, 5.41) is 38.9. The Balaban J connectivity index is 1.24. The van der Waals surface area contributed by atoms with E-state index in [4.69, 9.17) is 9.31 Å². The number of carboxylic acids is 1. The zero-order valence-electron chi connectivity index (χ0n) is 23.4. The van der Waals surface area contributed by atoms with Crippen molar-refractivity contribution in [3.63, 3.8) is 0 Å². The predicted molar refractivity (Wildman–Crippen MR) is 154 cm³/mol. The van der Waals surface area contributed by atoms with Gasteiger partial charge in [-0.15, -0.1) is 0 Å². The molecular formula is C28H32B2N4O9. The summed E-state index contributed by atoms with van der Waals surface area (Å²) in [5.74, 6) is -2.42. The third-order valence-corrected chi connectivity index (χ3v) is 8.76. The van der Waals surface area contributed by atoms with Gasteiger partial charge in [0.15, 0.2) is 0 Å². The number of fused-ring (bicyclic) bond motifs is 2. The SMILES string of the molecule is O=C(O)CC1(NC(=O)[C@@H]2C[C@@H](NC(=O)c3ccc4c(c3)B(O)OC4)CN2C(=O)c2ccc3c(c2)B(O)OC3)CCNCC1. The van der Waals surface area contributed by atoms with Gasteiger partial charge in [0.05, 0.1) is 25.2 Å². The quantitative estimate of drug-likeness (QED) is 0.194. The zero-order chi connectivity index (χ0) is 30.3. The molecule has 2 fully saturated rings. The van der Waals surface area contributed by atoms with E-state index in [2.05, 4.69) is 16.0 Å². The van der Waals surface area contributed by atoms with Crippen molar-refractivity contribution in [2.75, 3.05) is 19.6 Å². The number of hydrogen-bond donors (Lipinski definition) is 6. The van der Waals surface area contributed by atoms with Gasteiger partial charge in [-0.3, -0.25) is 19.2 Å². The molecule has 0 radical (unpaired) electrons. The van der Waals surface area contributed by atoms with Gasteiger partial charge in [0.25, 0.3) is 11.8 Å². The van der Waals surface area contributed by atoms with Crippen molar-refractivity contribution in [2.45, 2.75) is 56.5 Å². The van der Waals surface area contributed by atoms with Crippen LogP contribution in [0.25, 0.3) is 0 Å². The first kappa shape index (κ1) is 29.3. The highest BCUT2D eigenvalue weighted by Gasteiger charge is 2.44. The third kappa shape index (κ3) is 5.91. The molecule has 4 aliphatic heterocycles. The van der Waals surface area contributed by atoms with Gasteiger partial charge in [0.1, 0.15) is 6.04 Å². The molecule has 0 aromatic heterocycles. The summed E-state index contributed by atoms with van der Waals surface area (Å²) >= 11 is 0. The lowest BCUT2D eigenvalue weighted by atomic mass is 9.78. The number of aliphatic carboxylic acids is 1. The summed E-state index contributed by atoms with van der Waals surface area (Å²) in [4.78, 5) is 54.0. The molecule has 4 aliphatic rings. The number of likely N-dealkylation sites (tertiary alicyclic amines) is 1. The Kier molecular flexibility index (Phi) is 8.00. The van der Waals surface area contributed by atoms with Crippen molar-refractivity contribution < 1.29 is 43.6 Å². The zero-order valence-corrected chi connectivity index (χ0v) is 23.4. The largest absolute Gasteiger partial charge is 0.491 e. The number of benzene rings is 2. The summed E-state index contributed by atoms with van der Waals surface area (Å²) in [7, 11) is -2.26. The van der Waals surface area contributed by atoms with Gasteiger partial charge in [-0.05, 0) is 78.7 Å². The molecule has 43 heavy (non-hydrogen) atoms. The fraction of sp³-hybridized carbons (Fsp3) is 0.429. The van der Waals surface area contributed by atoms with Crippen LogP contribution in [0.4, 0.5) is 0 Å². The maximum absolute atomic E-state index is 13.8. The average molecular weight is 590 g/mol. The summed E-state index contributed by atoms with van der Waals surface area (Å²) in [6, 6.07) is 8.20. The number of hydrogen-bond acceptors (Lipinski definition) is 9. The van der Waals surface area contributed by atoms with Crippen LogP contribution < -0.4 is 26.9 Å². The highest BCUT2D eigenvalue weighted by molar-refractivity contribution is 6.62. The van der Waals surface area contributed by atoms with E-state index < -0.39 is 55.6 Å². The molecule has 3 amide bonds. The van der Waals surface area contributed by atoms with Crippen LogP contribution in [0, 0.1) is 0 Å². The highest BCUT2D eigenvalue weighted by Crippen LogP contribution is 2.27. The van der Waals surface area contributed by atoms with Crippen molar-refractivity contribution in [3.8, 4) is 0 Å². The molecule has 13 nitrogen and oxygen atoms in total. The van der Waals surface area contributed by atoms with E-state index in [0.717, 1.165) is 11.1 Å². The molecule has 6 N–H and O–H groups in total. The van der Waals surface area contributed by atoms with E-state index in [1.54, 1.807) is 36.4 Å². The van der Waals surface area contributed by atoms with Crippen LogP contribution in [-0.4, -0.2) is 95.2 Å². The molecule has 2 saturated heterocycles. The second-order valence-electron chi connectivity index (χ2n) is 11.6. The van der Waals surface area contributed by atoms with E-state index in [9.17, 15) is 34.3 Å². The molecule has 2 atom stereocenters. The van der Waals surface area contributed by atoms with Gasteiger partial charge < -0.3 is 45.3 Å². The molecule has 224 valence electrons. The first-order chi connectivity index (χ1) is 20.6. The van der Waals surface area contributed by atoms with E-state index in [1.807, 2.05) is 0 Å². The first-order valence-electron chi connectivity index (χ1n) is 14.3.